The van der Waals surface area contributed by atoms with E-state index >= 15 is 0 Å². The van der Waals surface area contributed by atoms with Gasteiger partial charge in [0.15, 0.2) is 0 Å². The standard InChI is InChI=1S/C9H11IN2O2S2/c1-4-6(16-3-2-15-4)7-11-8(13)5(10)9(14)12-7/h4,6H,2-3H2,1H3,(H2,11,12,13,14). The van der Waals surface area contributed by atoms with Gasteiger partial charge in [-0.15, -0.1) is 11.8 Å². The van der Waals surface area contributed by atoms with Gasteiger partial charge < -0.3 is 10.1 Å². The molecule has 1 aromatic rings. The fourth-order valence-electron chi connectivity index (χ4n) is 1.53. The van der Waals surface area contributed by atoms with Crippen LogP contribution in [-0.2, 0) is 0 Å². The van der Waals surface area contributed by atoms with Crippen LogP contribution in [0.25, 0.3) is 0 Å². The Hall–Kier alpha value is 0.110. The Labute approximate surface area is 115 Å². The van der Waals surface area contributed by atoms with Gasteiger partial charge in [-0.1, -0.05) is 6.92 Å². The van der Waals surface area contributed by atoms with Gasteiger partial charge in [-0.25, -0.2) is 0 Å². The molecule has 1 aliphatic heterocycles. The number of hydrogen-bond donors (Lipinski definition) is 2. The molecule has 0 amide bonds. The van der Waals surface area contributed by atoms with E-state index in [1.54, 1.807) is 34.4 Å². The molecule has 0 radical (unpaired) electrons. The van der Waals surface area contributed by atoms with Crippen LogP contribution in [0.4, 0.5) is 0 Å². The molecule has 88 valence electrons. The van der Waals surface area contributed by atoms with E-state index in [9.17, 15) is 9.90 Å². The number of aromatic nitrogens is 2. The predicted molar refractivity (Wildman–Crippen MR) is 76.4 cm³/mol. The second kappa shape index (κ2) is 5.18. The van der Waals surface area contributed by atoms with E-state index in [1.807, 2.05) is 11.8 Å². The minimum absolute atomic E-state index is 0.161. The molecule has 0 bridgehead atoms. The Balaban J connectivity index is 2.36. The number of nitrogens with one attached hydrogen (secondary N) is 1. The van der Waals surface area contributed by atoms with Crippen LogP contribution < -0.4 is 5.56 Å². The molecule has 0 aromatic carbocycles. The quantitative estimate of drug-likeness (QED) is 0.741. The van der Waals surface area contributed by atoms with Gasteiger partial charge in [0, 0.05) is 16.8 Å². The lowest BCUT2D eigenvalue weighted by Gasteiger charge is -2.26. The summed E-state index contributed by atoms with van der Waals surface area (Å²) in [4.78, 5) is 18.3. The Kier molecular flexibility index (Phi) is 4.06. The van der Waals surface area contributed by atoms with E-state index in [0.29, 0.717) is 11.1 Å². The summed E-state index contributed by atoms with van der Waals surface area (Å²) in [5.74, 6) is 2.61. The highest BCUT2D eigenvalue weighted by Gasteiger charge is 2.27. The van der Waals surface area contributed by atoms with Crippen LogP contribution in [0.2, 0.25) is 0 Å². The predicted octanol–water partition coefficient (Wildman–Crippen LogP) is 1.99. The molecule has 1 saturated heterocycles. The molecule has 2 rings (SSSR count). The first-order valence-corrected chi connectivity index (χ1v) is 7.99. The van der Waals surface area contributed by atoms with Crippen molar-refractivity contribution in [2.75, 3.05) is 11.5 Å². The highest BCUT2D eigenvalue weighted by Crippen LogP contribution is 2.41. The normalized spacial score (nSPS) is 25.6. The largest absolute Gasteiger partial charge is 0.492 e. The average Bonchev–Trinajstić information content (AvgIpc) is 2.26. The number of aromatic hydroxyl groups is 1. The van der Waals surface area contributed by atoms with E-state index in [1.165, 1.54) is 0 Å². The highest BCUT2D eigenvalue weighted by molar-refractivity contribution is 14.1. The van der Waals surface area contributed by atoms with Gasteiger partial charge in [0.05, 0.1) is 5.25 Å². The summed E-state index contributed by atoms with van der Waals surface area (Å²) in [7, 11) is 0. The van der Waals surface area contributed by atoms with Crippen molar-refractivity contribution in [3.8, 4) is 5.88 Å². The average molecular weight is 370 g/mol. The third-order valence-corrected chi connectivity index (χ3v) is 6.39. The number of aromatic amines is 1. The topological polar surface area (TPSA) is 66.0 Å². The first-order valence-electron chi connectivity index (χ1n) is 4.81. The van der Waals surface area contributed by atoms with Crippen LogP contribution in [0, 0.1) is 3.57 Å². The Morgan fingerprint density at radius 2 is 2.19 bits per heavy atom. The van der Waals surface area contributed by atoms with Gasteiger partial charge >= 0.3 is 0 Å². The maximum Gasteiger partial charge on any atom is 0.268 e. The third-order valence-electron chi connectivity index (χ3n) is 2.32. The minimum Gasteiger partial charge on any atom is -0.492 e. The van der Waals surface area contributed by atoms with Crippen molar-refractivity contribution in [1.29, 1.82) is 0 Å². The van der Waals surface area contributed by atoms with E-state index in [2.05, 4.69) is 16.9 Å². The number of halogens is 1. The molecule has 7 heteroatoms. The van der Waals surface area contributed by atoms with Crippen LogP contribution in [0.3, 0.4) is 0 Å². The molecule has 2 atom stereocenters. The molecule has 1 fully saturated rings. The molecule has 0 saturated carbocycles. The van der Waals surface area contributed by atoms with Gasteiger partial charge in [-0.05, 0) is 22.6 Å². The fraction of sp³-hybridized carbons (Fsp3) is 0.556. The molecular weight excluding hydrogens is 359 g/mol. The van der Waals surface area contributed by atoms with E-state index in [-0.39, 0.29) is 20.3 Å². The summed E-state index contributed by atoms with van der Waals surface area (Å²) in [6.07, 6.45) is 0. The molecular formula is C9H11IN2O2S2. The first-order chi connectivity index (χ1) is 7.59. The first kappa shape index (κ1) is 12.6. The molecule has 0 spiro atoms. The lowest BCUT2D eigenvalue weighted by molar-refractivity contribution is 0.442. The smallest absolute Gasteiger partial charge is 0.268 e. The zero-order chi connectivity index (χ0) is 11.7. The summed E-state index contributed by atoms with van der Waals surface area (Å²) >= 11 is 5.44. The zero-order valence-electron chi connectivity index (χ0n) is 8.57. The summed E-state index contributed by atoms with van der Waals surface area (Å²) in [5, 5.41) is 10.1. The van der Waals surface area contributed by atoms with Gasteiger partial charge in [0.1, 0.15) is 9.39 Å². The lowest BCUT2D eigenvalue weighted by atomic mass is 10.3. The van der Waals surface area contributed by atoms with Crippen LogP contribution in [0.15, 0.2) is 4.79 Å². The number of nitrogens with zero attached hydrogens (tertiary/aromatic N) is 1. The van der Waals surface area contributed by atoms with Gasteiger partial charge in [0.2, 0.25) is 5.88 Å². The van der Waals surface area contributed by atoms with Crippen molar-refractivity contribution in [1.82, 2.24) is 9.97 Å². The molecule has 0 aliphatic carbocycles. The number of hydrogen-bond acceptors (Lipinski definition) is 5. The Morgan fingerprint density at radius 3 is 2.81 bits per heavy atom. The summed E-state index contributed by atoms with van der Waals surface area (Å²) in [6, 6.07) is 0. The monoisotopic (exact) mass is 370 g/mol. The third kappa shape index (κ3) is 2.51. The van der Waals surface area contributed by atoms with Crippen molar-refractivity contribution >= 4 is 46.1 Å². The summed E-state index contributed by atoms with van der Waals surface area (Å²) in [6.45, 7) is 2.12. The number of rotatable bonds is 1. The van der Waals surface area contributed by atoms with E-state index in [0.717, 1.165) is 11.5 Å². The highest BCUT2D eigenvalue weighted by atomic mass is 127. The molecule has 2 heterocycles. The molecule has 1 aromatic heterocycles. The van der Waals surface area contributed by atoms with Crippen molar-refractivity contribution in [3.63, 3.8) is 0 Å². The van der Waals surface area contributed by atoms with Crippen LogP contribution in [0.1, 0.15) is 18.0 Å². The molecule has 16 heavy (non-hydrogen) atoms. The van der Waals surface area contributed by atoms with Gasteiger partial charge in [-0.3, -0.25) is 4.79 Å². The molecule has 2 unspecified atom stereocenters. The Morgan fingerprint density at radius 1 is 1.50 bits per heavy atom. The lowest BCUT2D eigenvalue weighted by Crippen LogP contribution is -2.22. The van der Waals surface area contributed by atoms with Crippen molar-refractivity contribution in [2.45, 2.75) is 17.4 Å². The molecule has 2 N–H and O–H groups in total. The van der Waals surface area contributed by atoms with Gasteiger partial charge in [0.25, 0.3) is 5.56 Å². The van der Waals surface area contributed by atoms with E-state index in [4.69, 9.17) is 0 Å². The minimum atomic E-state index is -0.258. The van der Waals surface area contributed by atoms with Crippen molar-refractivity contribution in [2.24, 2.45) is 0 Å². The maximum atomic E-state index is 11.5. The van der Waals surface area contributed by atoms with Crippen molar-refractivity contribution in [3.05, 3.63) is 19.7 Å². The zero-order valence-corrected chi connectivity index (χ0v) is 12.4. The summed E-state index contributed by atoms with van der Waals surface area (Å²) < 4.78 is 0.252. The van der Waals surface area contributed by atoms with Crippen molar-refractivity contribution < 1.29 is 5.11 Å². The summed E-state index contributed by atoms with van der Waals surface area (Å²) in [5.41, 5.74) is -0.258. The molecule has 4 nitrogen and oxygen atoms in total. The fourth-order valence-corrected chi connectivity index (χ4v) is 4.50. The second-order valence-electron chi connectivity index (χ2n) is 3.46. The van der Waals surface area contributed by atoms with E-state index < -0.39 is 0 Å². The van der Waals surface area contributed by atoms with Crippen LogP contribution >= 0.6 is 46.1 Å². The Bertz CT molecular complexity index is 452. The number of H-pyrrole nitrogens is 1. The maximum absolute atomic E-state index is 11.5. The molecule has 1 aliphatic rings. The van der Waals surface area contributed by atoms with Crippen LogP contribution in [0.5, 0.6) is 5.88 Å². The van der Waals surface area contributed by atoms with Crippen LogP contribution in [-0.4, -0.2) is 31.8 Å². The van der Waals surface area contributed by atoms with Gasteiger partial charge in [-0.2, -0.15) is 16.7 Å². The SMILES string of the molecule is CC1SCCSC1c1nc(O)c(I)c(=O)[nH]1. The second-order valence-corrected chi connectivity index (χ2v) is 7.27. The number of thioether (sulfide) groups is 2.